The number of nitrogens with one attached hydrogen (secondary N) is 1. The maximum absolute atomic E-state index is 12.4. The van der Waals surface area contributed by atoms with Gasteiger partial charge in [0.25, 0.3) is 0 Å². The standard InChI is InChI=1S/C25H26N2O6/c28-16(9-22(29)27-12-15-10-25(15,14-27)23(30)31)11-26-24(32)33-13-21-19-7-3-1-5-17(19)18-6-2-4-8-20(18)21/h1-8,15-16,21,28H,9-14H2,(H,26,32)(H,30,31). The van der Waals surface area contributed by atoms with E-state index >= 15 is 0 Å². The fourth-order valence-electron chi connectivity index (χ4n) is 5.26. The molecule has 5 rings (SSSR count). The van der Waals surface area contributed by atoms with Gasteiger partial charge in [-0.3, -0.25) is 9.59 Å². The van der Waals surface area contributed by atoms with Crippen LogP contribution in [0.5, 0.6) is 0 Å². The Kier molecular flexibility index (Phi) is 5.32. The topological polar surface area (TPSA) is 116 Å². The van der Waals surface area contributed by atoms with Crippen molar-refractivity contribution in [1.82, 2.24) is 10.2 Å². The van der Waals surface area contributed by atoms with Gasteiger partial charge < -0.3 is 25.2 Å². The average Bonchev–Trinajstić information content (AvgIpc) is 3.24. The molecule has 0 aromatic heterocycles. The highest BCUT2D eigenvalue weighted by Crippen LogP contribution is 2.57. The van der Waals surface area contributed by atoms with Crippen LogP contribution >= 0.6 is 0 Å². The number of piperidine rings is 1. The van der Waals surface area contributed by atoms with Crippen molar-refractivity contribution in [2.24, 2.45) is 11.3 Å². The Morgan fingerprint density at radius 3 is 2.33 bits per heavy atom. The summed E-state index contributed by atoms with van der Waals surface area (Å²) in [5, 5.41) is 22.0. The fourth-order valence-corrected chi connectivity index (χ4v) is 5.26. The van der Waals surface area contributed by atoms with Crippen LogP contribution in [0.3, 0.4) is 0 Å². The first-order valence-corrected chi connectivity index (χ1v) is 11.2. The van der Waals surface area contributed by atoms with Crippen molar-refractivity contribution in [1.29, 1.82) is 0 Å². The van der Waals surface area contributed by atoms with Gasteiger partial charge in [-0.05, 0) is 34.6 Å². The van der Waals surface area contributed by atoms with E-state index < -0.39 is 23.6 Å². The Bertz CT molecular complexity index is 1070. The molecule has 3 aliphatic rings. The number of carboxylic acid groups (broad SMARTS) is 1. The van der Waals surface area contributed by atoms with Crippen molar-refractivity contribution < 1.29 is 29.3 Å². The van der Waals surface area contributed by atoms with Gasteiger partial charge >= 0.3 is 12.1 Å². The lowest BCUT2D eigenvalue weighted by Gasteiger charge is -2.21. The number of benzene rings is 2. The van der Waals surface area contributed by atoms with Crippen LogP contribution < -0.4 is 5.32 Å². The molecule has 8 nitrogen and oxygen atoms in total. The number of aliphatic carboxylic acids is 1. The van der Waals surface area contributed by atoms with Crippen LogP contribution in [0.25, 0.3) is 11.1 Å². The number of aliphatic hydroxyl groups excluding tert-OH is 1. The van der Waals surface area contributed by atoms with Gasteiger partial charge in [0.1, 0.15) is 6.61 Å². The Hall–Kier alpha value is -3.39. The van der Waals surface area contributed by atoms with Gasteiger partial charge in [0.05, 0.1) is 17.9 Å². The summed E-state index contributed by atoms with van der Waals surface area (Å²) in [6.45, 7) is 0.654. The molecule has 172 valence electrons. The number of nitrogens with zero attached hydrogens (tertiary/aromatic N) is 1. The van der Waals surface area contributed by atoms with Gasteiger partial charge in [-0.25, -0.2) is 4.79 Å². The molecular formula is C25H26N2O6. The molecule has 2 aromatic carbocycles. The molecule has 1 saturated carbocycles. The Labute approximate surface area is 191 Å². The molecule has 2 fully saturated rings. The molecule has 0 radical (unpaired) electrons. The van der Waals surface area contributed by atoms with Crippen LogP contribution in [0.1, 0.15) is 29.9 Å². The normalized spacial score (nSPS) is 23.3. The van der Waals surface area contributed by atoms with Crippen LogP contribution in [0.4, 0.5) is 4.79 Å². The molecule has 2 aromatic rings. The predicted molar refractivity (Wildman–Crippen MR) is 118 cm³/mol. The Morgan fingerprint density at radius 2 is 1.73 bits per heavy atom. The maximum Gasteiger partial charge on any atom is 0.407 e. The summed E-state index contributed by atoms with van der Waals surface area (Å²) in [5.74, 6) is -1.21. The highest BCUT2D eigenvalue weighted by molar-refractivity contribution is 5.84. The first-order valence-electron chi connectivity index (χ1n) is 11.2. The van der Waals surface area contributed by atoms with Gasteiger partial charge in [-0.2, -0.15) is 0 Å². The molecule has 0 spiro atoms. The monoisotopic (exact) mass is 450 g/mol. The molecule has 1 heterocycles. The first-order chi connectivity index (χ1) is 15.9. The highest BCUT2D eigenvalue weighted by atomic mass is 16.5. The van der Waals surface area contributed by atoms with Gasteiger partial charge in [-0.15, -0.1) is 0 Å². The molecule has 2 aliphatic carbocycles. The smallest absolute Gasteiger partial charge is 0.407 e. The van der Waals surface area contributed by atoms with Crippen LogP contribution in [0.2, 0.25) is 0 Å². The van der Waals surface area contributed by atoms with Crippen molar-refractivity contribution in [2.75, 3.05) is 26.2 Å². The van der Waals surface area contributed by atoms with Crippen LogP contribution in [0.15, 0.2) is 48.5 Å². The largest absolute Gasteiger partial charge is 0.481 e. The second kappa shape index (κ2) is 8.19. The predicted octanol–water partition coefficient (Wildman–Crippen LogP) is 2.21. The summed E-state index contributed by atoms with van der Waals surface area (Å²) in [5.41, 5.74) is 3.71. The average molecular weight is 450 g/mol. The number of alkyl carbamates (subject to hydrolysis) is 1. The number of aliphatic hydroxyl groups is 1. The van der Waals surface area contributed by atoms with Crippen molar-refractivity contribution in [3.8, 4) is 11.1 Å². The van der Waals surface area contributed by atoms with E-state index in [1.54, 1.807) is 0 Å². The minimum absolute atomic E-state index is 0.00930. The molecule has 8 heteroatoms. The third-order valence-corrected chi connectivity index (χ3v) is 7.16. The number of fused-ring (bicyclic) bond motifs is 4. The molecule has 2 amide bonds. The van der Waals surface area contributed by atoms with E-state index in [2.05, 4.69) is 17.4 Å². The van der Waals surface area contributed by atoms with Crippen LogP contribution in [0, 0.1) is 11.3 Å². The quantitative estimate of drug-likeness (QED) is 0.596. The first kappa shape index (κ1) is 21.5. The summed E-state index contributed by atoms with van der Waals surface area (Å²) >= 11 is 0. The Balaban J connectivity index is 1.09. The van der Waals surface area contributed by atoms with Gasteiger partial charge in [0.15, 0.2) is 0 Å². The number of amides is 2. The number of likely N-dealkylation sites (tertiary alicyclic amines) is 1. The number of hydrogen-bond donors (Lipinski definition) is 3. The van der Waals surface area contributed by atoms with E-state index in [9.17, 15) is 24.6 Å². The lowest BCUT2D eigenvalue weighted by atomic mass is 9.98. The van der Waals surface area contributed by atoms with E-state index in [0.717, 1.165) is 22.3 Å². The van der Waals surface area contributed by atoms with Crippen molar-refractivity contribution in [3.63, 3.8) is 0 Å². The third kappa shape index (κ3) is 3.84. The molecule has 33 heavy (non-hydrogen) atoms. The number of hydrogen-bond acceptors (Lipinski definition) is 5. The van der Waals surface area contributed by atoms with Crippen molar-refractivity contribution in [2.45, 2.75) is 24.9 Å². The summed E-state index contributed by atoms with van der Waals surface area (Å²) in [6.07, 6.45) is -1.30. The molecule has 3 N–H and O–H groups in total. The number of carbonyl (C=O) groups excluding carboxylic acids is 2. The van der Waals surface area contributed by atoms with Gasteiger partial charge in [0.2, 0.25) is 5.91 Å². The zero-order chi connectivity index (χ0) is 23.2. The van der Waals surface area contributed by atoms with E-state index in [1.165, 1.54) is 4.90 Å². The van der Waals surface area contributed by atoms with Crippen LogP contribution in [-0.4, -0.2) is 65.4 Å². The number of ether oxygens (including phenoxy) is 1. The second-order valence-electron chi connectivity index (χ2n) is 9.20. The van der Waals surface area contributed by atoms with E-state index in [4.69, 9.17) is 4.74 Å². The van der Waals surface area contributed by atoms with E-state index in [-0.39, 0.29) is 43.9 Å². The van der Waals surface area contributed by atoms with Gasteiger partial charge in [-0.1, -0.05) is 48.5 Å². The molecule has 0 bridgehead atoms. The van der Waals surface area contributed by atoms with E-state index in [0.29, 0.717) is 13.0 Å². The minimum atomic E-state index is -1.07. The molecule has 3 unspecified atom stereocenters. The second-order valence-corrected chi connectivity index (χ2v) is 9.20. The van der Waals surface area contributed by atoms with Crippen molar-refractivity contribution >= 4 is 18.0 Å². The zero-order valence-electron chi connectivity index (χ0n) is 18.1. The highest BCUT2D eigenvalue weighted by Gasteiger charge is 2.66. The summed E-state index contributed by atoms with van der Waals surface area (Å²) < 4.78 is 5.43. The maximum atomic E-state index is 12.4. The fraction of sp³-hybridized carbons (Fsp3) is 0.400. The number of carbonyl (C=O) groups is 3. The molecule has 1 saturated heterocycles. The van der Waals surface area contributed by atoms with Crippen molar-refractivity contribution in [3.05, 3.63) is 59.7 Å². The molecule has 1 aliphatic heterocycles. The zero-order valence-corrected chi connectivity index (χ0v) is 18.1. The molecular weight excluding hydrogens is 424 g/mol. The number of rotatable bonds is 7. The summed E-state index contributed by atoms with van der Waals surface area (Å²) in [6, 6.07) is 16.1. The third-order valence-electron chi connectivity index (χ3n) is 7.16. The molecule has 3 atom stereocenters. The van der Waals surface area contributed by atoms with E-state index in [1.807, 2.05) is 36.4 Å². The SMILES string of the molecule is O=C(NCC(O)CC(=O)N1CC2CC2(C(=O)O)C1)OCC1c2ccccc2-c2ccccc21. The Morgan fingerprint density at radius 1 is 1.09 bits per heavy atom. The van der Waals surface area contributed by atoms with Gasteiger partial charge in [0, 0.05) is 25.6 Å². The minimum Gasteiger partial charge on any atom is -0.481 e. The summed E-state index contributed by atoms with van der Waals surface area (Å²) in [4.78, 5) is 37.5. The summed E-state index contributed by atoms with van der Waals surface area (Å²) in [7, 11) is 0. The lowest BCUT2D eigenvalue weighted by molar-refractivity contribution is -0.144. The van der Waals surface area contributed by atoms with Crippen LogP contribution in [-0.2, 0) is 14.3 Å². The lowest BCUT2D eigenvalue weighted by Crippen LogP contribution is -2.39. The number of carboxylic acids is 1.